The summed E-state index contributed by atoms with van der Waals surface area (Å²) in [5.74, 6) is 1.23. The first kappa shape index (κ1) is 22.9. The highest BCUT2D eigenvalue weighted by Crippen LogP contribution is 2.36. The SMILES string of the molecule is Cc1ccc(C)c(NC(=O)N(C)CC2CC(Oc3cccc(CN4CCCC4)c3Cl)C2)c1. The first-order valence-electron chi connectivity index (χ1n) is 11.6. The number of anilines is 1. The molecule has 5 nitrogen and oxygen atoms in total. The first-order valence-corrected chi connectivity index (χ1v) is 12.0. The van der Waals surface area contributed by atoms with Gasteiger partial charge >= 0.3 is 6.03 Å². The molecule has 0 radical (unpaired) electrons. The molecule has 1 saturated carbocycles. The van der Waals surface area contributed by atoms with E-state index in [0.29, 0.717) is 5.92 Å². The minimum atomic E-state index is -0.0688. The smallest absolute Gasteiger partial charge is 0.321 e. The van der Waals surface area contributed by atoms with Crippen molar-refractivity contribution < 1.29 is 9.53 Å². The average molecular weight is 456 g/mol. The van der Waals surface area contributed by atoms with E-state index >= 15 is 0 Å². The molecule has 2 aliphatic rings. The molecule has 2 amide bonds. The number of carbonyl (C=O) groups is 1. The quantitative estimate of drug-likeness (QED) is 0.567. The lowest BCUT2D eigenvalue weighted by Crippen LogP contribution is -2.43. The van der Waals surface area contributed by atoms with Gasteiger partial charge in [-0.2, -0.15) is 0 Å². The zero-order chi connectivity index (χ0) is 22.7. The number of aryl methyl sites for hydroxylation is 2. The highest BCUT2D eigenvalue weighted by atomic mass is 35.5. The summed E-state index contributed by atoms with van der Waals surface area (Å²) in [4.78, 5) is 16.8. The van der Waals surface area contributed by atoms with Crippen molar-refractivity contribution in [3.8, 4) is 5.75 Å². The molecule has 1 aliphatic carbocycles. The van der Waals surface area contributed by atoms with E-state index < -0.39 is 0 Å². The summed E-state index contributed by atoms with van der Waals surface area (Å²) in [6.45, 7) is 7.95. The van der Waals surface area contributed by atoms with E-state index in [2.05, 4.69) is 22.3 Å². The maximum atomic E-state index is 12.6. The highest BCUT2D eigenvalue weighted by Gasteiger charge is 2.33. The molecule has 0 bridgehead atoms. The molecular weight excluding hydrogens is 422 g/mol. The number of nitrogens with zero attached hydrogens (tertiary/aromatic N) is 2. The number of ether oxygens (including phenoxy) is 1. The summed E-state index contributed by atoms with van der Waals surface area (Å²) in [6.07, 6.45) is 4.58. The van der Waals surface area contributed by atoms with Gasteiger partial charge in [-0.05, 0) is 87.4 Å². The van der Waals surface area contributed by atoms with Gasteiger partial charge in [0.05, 0.1) is 11.1 Å². The maximum Gasteiger partial charge on any atom is 0.321 e. The predicted octanol–water partition coefficient (Wildman–Crippen LogP) is 5.87. The molecule has 2 aromatic rings. The van der Waals surface area contributed by atoms with Crippen LogP contribution in [0, 0.1) is 19.8 Å². The maximum absolute atomic E-state index is 12.6. The Morgan fingerprint density at radius 2 is 1.94 bits per heavy atom. The van der Waals surface area contributed by atoms with Crippen LogP contribution in [0.25, 0.3) is 0 Å². The molecule has 0 atom stereocenters. The summed E-state index contributed by atoms with van der Waals surface area (Å²) >= 11 is 6.66. The summed E-state index contributed by atoms with van der Waals surface area (Å²) in [5, 5.41) is 3.78. The van der Waals surface area contributed by atoms with Gasteiger partial charge in [0.15, 0.2) is 0 Å². The minimum Gasteiger partial charge on any atom is -0.489 e. The normalized spacial score (nSPS) is 20.6. The lowest BCUT2D eigenvalue weighted by molar-refractivity contribution is 0.0532. The summed E-state index contributed by atoms with van der Waals surface area (Å²) in [6, 6.07) is 12.1. The van der Waals surface area contributed by atoms with Crippen molar-refractivity contribution >= 4 is 23.3 Å². The van der Waals surface area contributed by atoms with Gasteiger partial charge in [0.1, 0.15) is 5.75 Å². The van der Waals surface area contributed by atoms with Crippen molar-refractivity contribution in [3.63, 3.8) is 0 Å². The van der Waals surface area contributed by atoms with Crippen LogP contribution in [0.5, 0.6) is 5.75 Å². The summed E-state index contributed by atoms with van der Waals surface area (Å²) < 4.78 is 6.21. The number of halogens is 1. The molecule has 0 aromatic heterocycles. The van der Waals surface area contributed by atoms with E-state index in [-0.39, 0.29) is 12.1 Å². The molecule has 1 aliphatic heterocycles. The van der Waals surface area contributed by atoms with Gasteiger partial charge in [-0.25, -0.2) is 4.79 Å². The number of likely N-dealkylation sites (tertiary alicyclic amines) is 1. The van der Waals surface area contributed by atoms with E-state index in [0.717, 1.165) is 72.2 Å². The van der Waals surface area contributed by atoms with Crippen molar-refractivity contribution in [2.24, 2.45) is 5.92 Å². The van der Waals surface area contributed by atoms with Gasteiger partial charge in [0, 0.05) is 25.8 Å². The molecule has 0 unspecified atom stereocenters. The van der Waals surface area contributed by atoms with Crippen LogP contribution in [0.2, 0.25) is 5.02 Å². The number of benzene rings is 2. The molecular formula is C26H34ClN3O2. The number of hydrogen-bond donors (Lipinski definition) is 1. The highest BCUT2D eigenvalue weighted by molar-refractivity contribution is 6.32. The van der Waals surface area contributed by atoms with Crippen LogP contribution < -0.4 is 10.1 Å². The molecule has 1 heterocycles. The Morgan fingerprint density at radius 3 is 2.69 bits per heavy atom. The van der Waals surface area contributed by atoms with Crippen molar-refractivity contribution in [1.82, 2.24) is 9.80 Å². The van der Waals surface area contributed by atoms with Crippen LogP contribution in [-0.4, -0.2) is 48.6 Å². The second kappa shape index (κ2) is 10.1. The third-order valence-electron chi connectivity index (χ3n) is 6.64. The van der Waals surface area contributed by atoms with E-state index in [1.165, 1.54) is 12.8 Å². The van der Waals surface area contributed by atoms with Crippen LogP contribution in [0.4, 0.5) is 10.5 Å². The second-order valence-electron chi connectivity index (χ2n) is 9.42. The number of nitrogens with one attached hydrogen (secondary N) is 1. The molecule has 172 valence electrons. The molecule has 4 rings (SSSR count). The van der Waals surface area contributed by atoms with Crippen LogP contribution in [0.3, 0.4) is 0 Å². The predicted molar refractivity (Wildman–Crippen MR) is 131 cm³/mol. The average Bonchev–Trinajstić information content (AvgIpc) is 3.24. The fourth-order valence-electron chi connectivity index (χ4n) is 4.60. The van der Waals surface area contributed by atoms with Crippen molar-refractivity contribution in [3.05, 3.63) is 58.1 Å². The number of rotatable bonds is 7. The lowest BCUT2D eigenvalue weighted by Gasteiger charge is -2.37. The Bertz CT molecular complexity index is 952. The van der Waals surface area contributed by atoms with Crippen molar-refractivity contribution in [1.29, 1.82) is 0 Å². The second-order valence-corrected chi connectivity index (χ2v) is 9.80. The number of carbonyl (C=O) groups excluding carboxylic acids is 1. The van der Waals surface area contributed by atoms with Crippen molar-refractivity contribution in [2.75, 3.05) is 32.0 Å². The van der Waals surface area contributed by atoms with Crippen LogP contribution in [0.1, 0.15) is 42.4 Å². The molecule has 1 N–H and O–H groups in total. The van der Waals surface area contributed by atoms with Crippen LogP contribution in [-0.2, 0) is 6.54 Å². The monoisotopic (exact) mass is 455 g/mol. The molecule has 2 aromatic carbocycles. The topological polar surface area (TPSA) is 44.8 Å². The molecule has 6 heteroatoms. The Hall–Kier alpha value is -2.24. The third-order valence-corrected chi connectivity index (χ3v) is 7.06. The molecule has 2 fully saturated rings. The fourth-order valence-corrected chi connectivity index (χ4v) is 4.83. The minimum absolute atomic E-state index is 0.0688. The fraction of sp³-hybridized carbons (Fsp3) is 0.500. The Labute approximate surface area is 196 Å². The van der Waals surface area contributed by atoms with Crippen LogP contribution >= 0.6 is 11.6 Å². The third kappa shape index (κ3) is 5.57. The Balaban J connectivity index is 1.24. The first-order chi connectivity index (χ1) is 15.4. The van der Waals surface area contributed by atoms with Gasteiger partial charge in [-0.1, -0.05) is 35.9 Å². The van der Waals surface area contributed by atoms with Gasteiger partial charge < -0.3 is 15.0 Å². The van der Waals surface area contributed by atoms with E-state index in [1.807, 2.05) is 45.2 Å². The van der Waals surface area contributed by atoms with E-state index in [4.69, 9.17) is 16.3 Å². The zero-order valence-electron chi connectivity index (χ0n) is 19.4. The Morgan fingerprint density at radius 1 is 1.19 bits per heavy atom. The summed E-state index contributed by atoms with van der Waals surface area (Å²) in [7, 11) is 1.85. The van der Waals surface area contributed by atoms with Gasteiger partial charge in [0.2, 0.25) is 0 Å². The summed E-state index contributed by atoms with van der Waals surface area (Å²) in [5.41, 5.74) is 4.22. The van der Waals surface area contributed by atoms with E-state index in [9.17, 15) is 4.79 Å². The van der Waals surface area contributed by atoms with E-state index in [1.54, 1.807) is 4.90 Å². The van der Waals surface area contributed by atoms with Crippen molar-refractivity contribution in [2.45, 2.75) is 52.2 Å². The standard InChI is InChI=1S/C26H34ClN3O2/c1-18-9-10-19(2)23(13-18)28-26(31)29(3)16-20-14-22(15-20)32-24-8-6-7-21(25(24)27)17-30-11-4-5-12-30/h6-10,13,20,22H,4-5,11-12,14-17H2,1-3H3,(H,28,31). The lowest BCUT2D eigenvalue weighted by atomic mass is 9.82. The van der Waals surface area contributed by atoms with Crippen LogP contribution in [0.15, 0.2) is 36.4 Å². The van der Waals surface area contributed by atoms with Gasteiger partial charge in [-0.3, -0.25) is 4.90 Å². The molecule has 32 heavy (non-hydrogen) atoms. The Kier molecular flexibility index (Phi) is 7.27. The number of hydrogen-bond acceptors (Lipinski definition) is 3. The number of urea groups is 1. The number of amides is 2. The largest absolute Gasteiger partial charge is 0.489 e. The molecule has 1 saturated heterocycles. The molecule has 0 spiro atoms. The van der Waals surface area contributed by atoms with Gasteiger partial charge in [0.25, 0.3) is 0 Å². The zero-order valence-corrected chi connectivity index (χ0v) is 20.1. The van der Waals surface area contributed by atoms with Gasteiger partial charge in [-0.15, -0.1) is 0 Å².